The number of aliphatic hydroxyl groups excluding tert-OH is 6. The molecule has 4 aliphatic rings. The van der Waals surface area contributed by atoms with Gasteiger partial charge < -0.3 is 63.8 Å². The van der Waals surface area contributed by atoms with E-state index < -0.39 is 110 Å². The molecule has 16 nitrogen and oxygen atoms in total. The van der Waals surface area contributed by atoms with E-state index in [1.165, 1.54) is 20.1 Å². The summed E-state index contributed by atoms with van der Waals surface area (Å²) in [4.78, 5) is 37.2. The lowest BCUT2D eigenvalue weighted by Gasteiger charge is -2.43. The van der Waals surface area contributed by atoms with Crippen LogP contribution < -0.4 is 0 Å². The molecule has 16 heteroatoms. The summed E-state index contributed by atoms with van der Waals surface area (Å²) in [5.41, 5.74) is 0.475. The Kier molecular flexibility index (Phi) is 11.9. The second kappa shape index (κ2) is 15.1. The van der Waals surface area contributed by atoms with E-state index in [0.717, 1.165) is 0 Å². The van der Waals surface area contributed by atoms with Gasteiger partial charge in [0.1, 0.15) is 30.5 Å². The highest BCUT2D eigenvalue weighted by Crippen LogP contribution is 2.47. The summed E-state index contributed by atoms with van der Waals surface area (Å²) in [6, 6.07) is 0. The van der Waals surface area contributed by atoms with E-state index in [9.17, 15) is 45.0 Å². The van der Waals surface area contributed by atoms with Gasteiger partial charge in [-0.1, -0.05) is 13.8 Å². The number of rotatable bonds is 11. The van der Waals surface area contributed by atoms with Crippen LogP contribution in [0, 0.1) is 23.7 Å². The quantitative estimate of drug-likeness (QED) is 0.131. The smallest absolute Gasteiger partial charge is 0.309 e. The number of fused-ring (bicyclic) bond motifs is 1. The molecule has 14 atom stereocenters. The summed E-state index contributed by atoms with van der Waals surface area (Å²) >= 11 is 0. The van der Waals surface area contributed by atoms with Gasteiger partial charge in [-0.05, 0) is 30.8 Å². The van der Waals surface area contributed by atoms with Crippen LogP contribution in [0.3, 0.4) is 0 Å². The Morgan fingerprint density at radius 3 is 2.38 bits per heavy atom. The van der Waals surface area contributed by atoms with Gasteiger partial charge in [0.25, 0.3) is 0 Å². The number of hydrogen-bond acceptors (Lipinski definition) is 16. The van der Waals surface area contributed by atoms with E-state index in [1.54, 1.807) is 0 Å². The zero-order valence-corrected chi connectivity index (χ0v) is 25.5. The number of carbonyl (C=O) groups excluding carboxylic acids is 3. The van der Waals surface area contributed by atoms with Crippen LogP contribution in [0.5, 0.6) is 0 Å². The second-order valence-electron chi connectivity index (χ2n) is 12.4. The van der Waals surface area contributed by atoms with Crippen molar-refractivity contribution in [2.45, 2.75) is 108 Å². The molecule has 0 amide bonds. The summed E-state index contributed by atoms with van der Waals surface area (Å²) in [6.45, 7) is 5.19. The van der Waals surface area contributed by atoms with Crippen LogP contribution in [-0.2, 0) is 47.5 Å². The lowest BCUT2D eigenvalue weighted by molar-refractivity contribution is -0.333. The monoisotopic (exact) mass is 648 g/mol. The highest BCUT2D eigenvalue weighted by atomic mass is 16.8. The molecule has 1 saturated carbocycles. The maximum absolute atomic E-state index is 13.1. The largest absolute Gasteiger partial charge is 0.465 e. The topological polar surface area (TPSA) is 237 Å². The fraction of sp³-hybridized carbons (Fsp3) is 0.828. The van der Waals surface area contributed by atoms with Gasteiger partial charge in [-0.3, -0.25) is 14.4 Å². The fourth-order valence-electron chi connectivity index (χ4n) is 6.12. The summed E-state index contributed by atoms with van der Waals surface area (Å²) in [7, 11) is 0. The highest BCUT2D eigenvalue weighted by Gasteiger charge is 2.54. The second-order valence-corrected chi connectivity index (χ2v) is 12.4. The SMILES string of the molecule is CC(=O)OCC1C(O)CC2C(COC3OC(CO)C(O)C(=O)C3OC3OC(C)C(O)C(O)C3O)=COC(OC(=O)CC(C)C)C21. The van der Waals surface area contributed by atoms with Crippen molar-refractivity contribution in [2.75, 3.05) is 19.8 Å². The van der Waals surface area contributed by atoms with Gasteiger partial charge in [0.05, 0.1) is 38.3 Å². The van der Waals surface area contributed by atoms with Crippen LogP contribution in [-0.4, -0.2) is 136 Å². The van der Waals surface area contributed by atoms with Gasteiger partial charge in [0, 0.05) is 25.2 Å². The molecule has 2 saturated heterocycles. The van der Waals surface area contributed by atoms with Gasteiger partial charge in [0.2, 0.25) is 6.29 Å². The average Bonchev–Trinajstić information content (AvgIpc) is 3.31. The summed E-state index contributed by atoms with van der Waals surface area (Å²) in [5.74, 6) is -3.74. The Hall–Kier alpha value is -2.25. The number of Topliss-reactive ketones (excluding diaryl/α,β-unsaturated/α-hetero) is 1. The van der Waals surface area contributed by atoms with E-state index >= 15 is 0 Å². The summed E-state index contributed by atoms with van der Waals surface area (Å²) < 4.78 is 39.2. The van der Waals surface area contributed by atoms with Crippen molar-refractivity contribution in [3.05, 3.63) is 11.8 Å². The van der Waals surface area contributed by atoms with Crippen LogP contribution in [0.25, 0.3) is 0 Å². The minimum atomic E-state index is -1.82. The van der Waals surface area contributed by atoms with Crippen LogP contribution in [0.2, 0.25) is 0 Å². The molecule has 3 aliphatic heterocycles. The van der Waals surface area contributed by atoms with Gasteiger partial charge in [-0.2, -0.15) is 0 Å². The third kappa shape index (κ3) is 8.01. The molecule has 0 aromatic rings. The predicted octanol–water partition coefficient (Wildman–Crippen LogP) is -2.13. The fourth-order valence-corrected chi connectivity index (χ4v) is 6.12. The number of aliphatic hydroxyl groups is 6. The van der Waals surface area contributed by atoms with Crippen molar-refractivity contribution in [1.82, 2.24) is 0 Å². The van der Waals surface area contributed by atoms with Crippen molar-refractivity contribution in [3.8, 4) is 0 Å². The van der Waals surface area contributed by atoms with Crippen molar-refractivity contribution in [1.29, 1.82) is 0 Å². The minimum Gasteiger partial charge on any atom is -0.465 e. The molecule has 14 unspecified atom stereocenters. The molecule has 3 heterocycles. The zero-order valence-electron chi connectivity index (χ0n) is 25.5. The molecule has 6 N–H and O–H groups in total. The lowest BCUT2D eigenvalue weighted by Crippen LogP contribution is -2.62. The predicted molar refractivity (Wildman–Crippen MR) is 146 cm³/mol. The van der Waals surface area contributed by atoms with Crippen molar-refractivity contribution >= 4 is 17.7 Å². The molecule has 45 heavy (non-hydrogen) atoms. The molecule has 0 aromatic heterocycles. The number of ether oxygens (including phenoxy) is 7. The van der Waals surface area contributed by atoms with E-state index in [-0.39, 0.29) is 32.0 Å². The molecule has 0 radical (unpaired) electrons. The Labute approximate surface area is 259 Å². The molecular weight excluding hydrogens is 604 g/mol. The summed E-state index contributed by atoms with van der Waals surface area (Å²) in [5, 5.41) is 61.6. The maximum atomic E-state index is 13.1. The van der Waals surface area contributed by atoms with Gasteiger partial charge >= 0.3 is 11.9 Å². The Morgan fingerprint density at radius 2 is 1.73 bits per heavy atom. The van der Waals surface area contributed by atoms with Gasteiger partial charge in [-0.15, -0.1) is 0 Å². The average molecular weight is 649 g/mol. The first kappa shape index (κ1) is 35.6. The molecule has 0 spiro atoms. The molecule has 3 fully saturated rings. The third-order valence-corrected chi connectivity index (χ3v) is 8.56. The molecule has 256 valence electrons. The zero-order chi connectivity index (χ0) is 33.2. The molecular formula is C29H44O16. The van der Waals surface area contributed by atoms with Crippen molar-refractivity contribution in [3.63, 3.8) is 0 Å². The number of hydrogen-bond donors (Lipinski definition) is 6. The molecule has 4 rings (SSSR count). The number of esters is 2. The van der Waals surface area contributed by atoms with Crippen LogP contribution >= 0.6 is 0 Å². The Bertz CT molecular complexity index is 1080. The number of carbonyl (C=O) groups is 3. The Morgan fingerprint density at radius 1 is 1.02 bits per heavy atom. The summed E-state index contributed by atoms with van der Waals surface area (Å²) in [6.07, 6.45) is -14.3. The first-order chi connectivity index (χ1) is 21.2. The lowest BCUT2D eigenvalue weighted by atomic mass is 9.83. The minimum absolute atomic E-state index is 0.0219. The molecule has 1 aliphatic carbocycles. The highest BCUT2D eigenvalue weighted by molar-refractivity contribution is 5.89. The van der Waals surface area contributed by atoms with Crippen LogP contribution in [0.1, 0.15) is 40.5 Å². The van der Waals surface area contributed by atoms with E-state index in [0.29, 0.717) is 5.57 Å². The van der Waals surface area contributed by atoms with Crippen LogP contribution in [0.4, 0.5) is 0 Å². The van der Waals surface area contributed by atoms with Crippen molar-refractivity contribution < 1.29 is 78.2 Å². The van der Waals surface area contributed by atoms with E-state index in [1.807, 2.05) is 13.8 Å². The Balaban J connectivity index is 1.53. The number of ketones is 1. The van der Waals surface area contributed by atoms with Crippen molar-refractivity contribution in [2.24, 2.45) is 23.7 Å². The van der Waals surface area contributed by atoms with Gasteiger partial charge in [-0.25, -0.2) is 0 Å². The normalized spacial score (nSPS) is 41.7. The van der Waals surface area contributed by atoms with E-state index in [2.05, 4.69) is 0 Å². The maximum Gasteiger partial charge on any atom is 0.309 e. The first-order valence-electron chi connectivity index (χ1n) is 15.0. The first-order valence-corrected chi connectivity index (χ1v) is 15.0. The molecule has 0 bridgehead atoms. The third-order valence-electron chi connectivity index (χ3n) is 8.56. The standard InChI is InChI=1S/C29H44O16/c1-11(2)5-19(33)44-27-20-15(6-17(32)16(20)10-39-13(4)31)14(8-40-27)9-41-29-26(24(37)22(35)18(7-30)43-29)45-28-25(38)23(36)21(34)12(3)42-28/h8,11-12,15-18,20-23,25-30,32,34-36,38H,5-7,9-10H2,1-4H3. The van der Waals surface area contributed by atoms with Crippen LogP contribution in [0.15, 0.2) is 11.8 Å². The molecule has 0 aromatic carbocycles. The van der Waals surface area contributed by atoms with Gasteiger partial charge in [0.15, 0.2) is 24.5 Å². The van der Waals surface area contributed by atoms with E-state index in [4.69, 9.17) is 33.2 Å².